The molecule has 1 aliphatic carbocycles. The number of aromatic nitrogens is 2. The lowest BCUT2D eigenvalue weighted by atomic mass is 9.67. The van der Waals surface area contributed by atoms with Crippen molar-refractivity contribution < 1.29 is 14.4 Å². The lowest BCUT2D eigenvalue weighted by Crippen LogP contribution is -2.43. The number of aliphatic carboxylic acids is 1. The molecule has 2 aliphatic rings. The SMILES string of the molecule is CC1Cc2noc(=O)n2C2C(CCC(N)C(=O)O)CCCC12. The smallest absolute Gasteiger partial charge is 0.441 e. The second-order valence-electron chi connectivity index (χ2n) is 6.78. The quantitative estimate of drug-likeness (QED) is 0.863. The Kier molecular flexibility index (Phi) is 4.08. The molecule has 1 aliphatic heterocycles. The first kappa shape index (κ1) is 15.3. The molecule has 1 fully saturated rings. The van der Waals surface area contributed by atoms with E-state index in [0.717, 1.165) is 37.9 Å². The number of nitrogens with two attached hydrogens (primary N) is 1. The van der Waals surface area contributed by atoms with Gasteiger partial charge < -0.3 is 10.8 Å². The molecular formula is C15H23N3O4. The lowest BCUT2D eigenvalue weighted by Gasteiger charge is -2.44. The summed E-state index contributed by atoms with van der Waals surface area (Å²) in [5.74, 6) is 0.546. The first-order valence-electron chi connectivity index (χ1n) is 8.04. The van der Waals surface area contributed by atoms with Crippen LogP contribution < -0.4 is 11.5 Å². The molecule has 7 heteroatoms. The van der Waals surface area contributed by atoms with Crippen LogP contribution in [0.1, 0.15) is 50.9 Å². The van der Waals surface area contributed by atoms with Gasteiger partial charge in [0.25, 0.3) is 0 Å². The second-order valence-corrected chi connectivity index (χ2v) is 6.78. The zero-order valence-corrected chi connectivity index (χ0v) is 12.8. The fourth-order valence-corrected chi connectivity index (χ4v) is 4.32. The monoisotopic (exact) mass is 309 g/mol. The van der Waals surface area contributed by atoms with E-state index in [0.29, 0.717) is 18.3 Å². The van der Waals surface area contributed by atoms with E-state index in [9.17, 15) is 9.59 Å². The third kappa shape index (κ3) is 2.58. The van der Waals surface area contributed by atoms with E-state index in [1.807, 2.05) is 0 Å². The van der Waals surface area contributed by atoms with Gasteiger partial charge in [0, 0.05) is 12.5 Å². The van der Waals surface area contributed by atoms with Gasteiger partial charge in [0.05, 0.1) is 0 Å². The van der Waals surface area contributed by atoms with Gasteiger partial charge in [0.2, 0.25) is 0 Å². The van der Waals surface area contributed by atoms with Crippen LogP contribution in [0, 0.1) is 17.8 Å². The van der Waals surface area contributed by atoms with Crippen molar-refractivity contribution in [2.45, 2.75) is 57.5 Å². The molecule has 3 N–H and O–H groups in total. The van der Waals surface area contributed by atoms with Gasteiger partial charge in [-0.15, -0.1) is 0 Å². The minimum absolute atomic E-state index is 0.0762. The molecule has 1 saturated carbocycles. The summed E-state index contributed by atoms with van der Waals surface area (Å²) in [7, 11) is 0. The molecule has 0 bridgehead atoms. The van der Waals surface area contributed by atoms with Crippen LogP contribution in [-0.2, 0) is 11.2 Å². The number of rotatable bonds is 4. The van der Waals surface area contributed by atoms with Crippen LogP contribution in [0.15, 0.2) is 9.32 Å². The Balaban J connectivity index is 1.85. The number of carbonyl (C=O) groups is 1. The number of hydrogen-bond donors (Lipinski definition) is 2. The number of hydrogen-bond acceptors (Lipinski definition) is 5. The first-order valence-corrected chi connectivity index (χ1v) is 8.04. The minimum Gasteiger partial charge on any atom is -0.480 e. The van der Waals surface area contributed by atoms with Gasteiger partial charge in [-0.1, -0.05) is 18.5 Å². The highest BCUT2D eigenvalue weighted by molar-refractivity contribution is 5.72. The highest BCUT2D eigenvalue weighted by atomic mass is 16.5. The molecule has 7 nitrogen and oxygen atoms in total. The zero-order chi connectivity index (χ0) is 15.9. The van der Waals surface area contributed by atoms with Crippen LogP contribution in [-0.4, -0.2) is 26.8 Å². The maximum absolute atomic E-state index is 12.0. The molecule has 0 spiro atoms. The van der Waals surface area contributed by atoms with Gasteiger partial charge in [-0.25, -0.2) is 4.79 Å². The van der Waals surface area contributed by atoms with Crippen molar-refractivity contribution in [2.75, 3.05) is 0 Å². The van der Waals surface area contributed by atoms with Gasteiger partial charge in [0.1, 0.15) is 6.04 Å². The van der Waals surface area contributed by atoms with Gasteiger partial charge >= 0.3 is 11.7 Å². The molecule has 5 unspecified atom stereocenters. The summed E-state index contributed by atoms with van der Waals surface area (Å²) in [5.41, 5.74) is 5.63. The molecule has 122 valence electrons. The summed E-state index contributed by atoms with van der Waals surface area (Å²) in [4.78, 5) is 22.9. The molecule has 5 atom stereocenters. The Morgan fingerprint density at radius 2 is 2.32 bits per heavy atom. The van der Waals surface area contributed by atoms with Crippen LogP contribution in [0.5, 0.6) is 0 Å². The van der Waals surface area contributed by atoms with Crippen molar-refractivity contribution in [2.24, 2.45) is 23.5 Å². The Morgan fingerprint density at radius 1 is 1.55 bits per heavy atom. The van der Waals surface area contributed by atoms with E-state index in [2.05, 4.69) is 12.1 Å². The summed E-state index contributed by atoms with van der Waals surface area (Å²) < 4.78 is 6.59. The number of nitrogens with zero attached hydrogens (tertiary/aromatic N) is 2. The van der Waals surface area contributed by atoms with Crippen molar-refractivity contribution in [1.82, 2.24) is 9.72 Å². The van der Waals surface area contributed by atoms with E-state index in [4.69, 9.17) is 15.4 Å². The van der Waals surface area contributed by atoms with Crippen LogP contribution in [0.2, 0.25) is 0 Å². The summed E-state index contributed by atoms with van der Waals surface area (Å²) in [6.45, 7) is 2.20. The maximum Gasteiger partial charge on any atom is 0.441 e. The van der Waals surface area contributed by atoms with Crippen LogP contribution in [0.4, 0.5) is 0 Å². The summed E-state index contributed by atoms with van der Waals surface area (Å²) in [6.07, 6.45) is 5.15. The van der Waals surface area contributed by atoms with Crippen molar-refractivity contribution in [3.63, 3.8) is 0 Å². The Hall–Kier alpha value is -1.63. The summed E-state index contributed by atoms with van der Waals surface area (Å²) in [5, 5.41) is 12.9. The molecule has 0 amide bonds. The standard InChI is InChI=1S/C15H23N3O4/c1-8-7-12-17-22-15(21)18(12)13-9(3-2-4-10(8)13)5-6-11(16)14(19)20/h8-11,13H,2-7,16H2,1H3,(H,19,20). The average molecular weight is 309 g/mol. The number of fused-ring (bicyclic) bond motifs is 3. The Labute approximate surface area is 128 Å². The highest BCUT2D eigenvalue weighted by Crippen LogP contribution is 2.47. The molecule has 0 saturated heterocycles. The predicted octanol–water partition coefficient (Wildman–Crippen LogP) is 1.18. The first-order chi connectivity index (χ1) is 10.5. The molecule has 0 radical (unpaired) electrons. The Morgan fingerprint density at radius 3 is 3.05 bits per heavy atom. The molecule has 1 aromatic rings. The molecular weight excluding hydrogens is 286 g/mol. The van der Waals surface area contributed by atoms with Gasteiger partial charge in [0.15, 0.2) is 5.82 Å². The van der Waals surface area contributed by atoms with Crippen LogP contribution >= 0.6 is 0 Å². The van der Waals surface area contributed by atoms with Crippen LogP contribution in [0.3, 0.4) is 0 Å². The molecule has 3 rings (SSSR count). The summed E-state index contributed by atoms with van der Waals surface area (Å²) >= 11 is 0. The molecule has 0 aromatic carbocycles. The van der Waals surface area contributed by atoms with Gasteiger partial charge in [-0.05, 0) is 43.4 Å². The third-order valence-electron chi connectivity index (χ3n) is 5.44. The predicted molar refractivity (Wildman–Crippen MR) is 78.3 cm³/mol. The largest absolute Gasteiger partial charge is 0.480 e. The van der Waals surface area contributed by atoms with Crippen molar-refractivity contribution >= 4 is 5.97 Å². The van der Waals surface area contributed by atoms with Gasteiger partial charge in [-0.3, -0.25) is 13.9 Å². The fraction of sp³-hybridized carbons (Fsp3) is 0.800. The van der Waals surface area contributed by atoms with E-state index in [1.165, 1.54) is 0 Å². The van der Waals surface area contributed by atoms with E-state index >= 15 is 0 Å². The van der Waals surface area contributed by atoms with Crippen LogP contribution in [0.25, 0.3) is 0 Å². The maximum atomic E-state index is 12.0. The highest BCUT2D eigenvalue weighted by Gasteiger charge is 2.43. The molecule has 2 heterocycles. The zero-order valence-electron chi connectivity index (χ0n) is 12.8. The normalized spacial score (nSPS) is 32.1. The molecule has 1 aromatic heterocycles. The average Bonchev–Trinajstić information content (AvgIpc) is 2.85. The minimum atomic E-state index is -0.966. The van der Waals surface area contributed by atoms with Crippen molar-refractivity contribution in [3.8, 4) is 0 Å². The van der Waals surface area contributed by atoms with Crippen molar-refractivity contribution in [1.29, 1.82) is 0 Å². The number of carboxylic acid groups (broad SMARTS) is 1. The third-order valence-corrected chi connectivity index (χ3v) is 5.44. The Bertz CT molecular complexity index is 608. The van der Waals surface area contributed by atoms with E-state index in [-0.39, 0.29) is 17.7 Å². The van der Waals surface area contributed by atoms with Gasteiger partial charge in [-0.2, -0.15) is 0 Å². The lowest BCUT2D eigenvalue weighted by molar-refractivity contribution is -0.138. The second kappa shape index (κ2) is 5.87. The van der Waals surface area contributed by atoms with Crippen molar-refractivity contribution in [3.05, 3.63) is 16.4 Å². The number of carboxylic acids is 1. The fourth-order valence-electron chi connectivity index (χ4n) is 4.32. The molecule has 22 heavy (non-hydrogen) atoms. The van der Waals surface area contributed by atoms with E-state index < -0.39 is 12.0 Å². The topological polar surface area (TPSA) is 111 Å². The summed E-state index contributed by atoms with van der Waals surface area (Å²) in [6, 6.07) is -0.757. The van der Waals surface area contributed by atoms with E-state index in [1.54, 1.807) is 4.57 Å².